The lowest BCUT2D eigenvalue weighted by atomic mass is 10.0. The molecule has 0 N–H and O–H groups in total. The third-order valence-corrected chi connectivity index (χ3v) is 3.96. The number of benzene rings is 3. The van der Waals surface area contributed by atoms with Crippen LogP contribution < -0.4 is 0 Å². The highest BCUT2D eigenvalue weighted by Crippen LogP contribution is 2.22. The van der Waals surface area contributed by atoms with Crippen LogP contribution in [0.5, 0.6) is 0 Å². The Balaban J connectivity index is 1.60. The van der Waals surface area contributed by atoms with Crippen molar-refractivity contribution in [2.45, 2.75) is 0 Å². The maximum Gasteiger partial charge on any atom is 0.363 e. The summed E-state index contributed by atoms with van der Waals surface area (Å²) in [6, 6.07) is 27.6. The Bertz CT molecular complexity index is 956. The van der Waals surface area contributed by atoms with Crippen LogP contribution >= 0.6 is 0 Å². The number of ether oxygens (including phenoxy) is 1. The fourth-order valence-electron chi connectivity index (χ4n) is 2.67. The number of esters is 1. The maximum absolute atomic E-state index is 12.0. The molecule has 0 amide bonds. The van der Waals surface area contributed by atoms with Crippen molar-refractivity contribution in [1.29, 1.82) is 0 Å². The van der Waals surface area contributed by atoms with Gasteiger partial charge in [-0.2, -0.15) is 0 Å². The van der Waals surface area contributed by atoms with Gasteiger partial charge in [-0.25, -0.2) is 9.79 Å². The summed E-state index contributed by atoms with van der Waals surface area (Å²) < 4.78 is 5.27. The average Bonchev–Trinajstić information content (AvgIpc) is 3.04. The van der Waals surface area contributed by atoms with E-state index in [1.807, 2.05) is 72.8 Å². The normalized spacial score (nSPS) is 15.1. The van der Waals surface area contributed by atoms with Crippen LogP contribution in [0.25, 0.3) is 17.2 Å². The molecule has 120 valence electrons. The molecule has 0 bridgehead atoms. The molecule has 0 saturated heterocycles. The van der Waals surface area contributed by atoms with Gasteiger partial charge in [0.1, 0.15) is 0 Å². The number of carbonyl (C=O) groups is 1. The van der Waals surface area contributed by atoms with Gasteiger partial charge in [0.15, 0.2) is 5.70 Å². The largest absolute Gasteiger partial charge is 0.402 e. The molecule has 0 radical (unpaired) electrons. The maximum atomic E-state index is 12.0. The Morgan fingerprint density at radius 2 is 1.24 bits per heavy atom. The van der Waals surface area contributed by atoms with E-state index in [-0.39, 0.29) is 0 Å². The Hall–Kier alpha value is -3.46. The van der Waals surface area contributed by atoms with Crippen molar-refractivity contribution in [3.05, 3.63) is 102 Å². The van der Waals surface area contributed by atoms with Gasteiger partial charge in [0.05, 0.1) is 0 Å². The summed E-state index contributed by atoms with van der Waals surface area (Å²) >= 11 is 0. The lowest BCUT2D eigenvalue weighted by molar-refractivity contribution is -0.129. The second-order valence-electron chi connectivity index (χ2n) is 5.69. The topological polar surface area (TPSA) is 38.7 Å². The molecular formula is C22H15NO2. The Labute approximate surface area is 145 Å². The SMILES string of the molecule is O=C1OC(c2ccccc2)=N/C1=C/c1ccc(-c2ccccc2)cc1. The van der Waals surface area contributed by atoms with Crippen LogP contribution in [0.1, 0.15) is 11.1 Å². The summed E-state index contributed by atoms with van der Waals surface area (Å²) in [6.07, 6.45) is 1.74. The van der Waals surface area contributed by atoms with E-state index in [1.165, 1.54) is 0 Å². The van der Waals surface area contributed by atoms with Crippen LogP contribution in [0, 0.1) is 0 Å². The first kappa shape index (κ1) is 15.1. The fraction of sp³-hybridized carbons (Fsp3) is 0. The lowest BCUT2D eigenvalue weighted by Crippen LogP contribution is -2.04. The Morgan fingerprint density at radius 1 is 0.680 bits per heavy atom. The fourth-order valence-corrected chi connectivity index (χ4v) is 2.67. The van der Waals surface area contributed by atoms with Crippen LogP contribution in [-0.4, -0.2) is 11.9 Å². The van der Waals surface area contributed by atoms with E-state index in [0.29, 0.717) is 11.6 Å². The van der Waals surface area contributed by atoms with E-state index in [0.717, 1.165) is 22.3 Å². The molecule has 0 unspecified atom stereocenters. The molecule has 3 nitrogen and oxygen atoms in total. The van der Waals surface area contributed by atoms with Crippen LogP contribution in [0.15, 0.2) is 95.6 Å². The van der Waals surface area contributed by atoms with E-state index in [4.69, 9.17) is 4.74 Å². The van der Waals surface area contributed by atoms with Gasteiger partial charge in [-0.05, 0) is 34.9 Å². The summed E-state index contributed by atoms with van der Waals surface area (Å²) in [6.45, 7) is 0. The number of cyclic esters (lactones) is 1. The molecule has 1 heterocycles. The van der Waals surface area contributed by atoms with Gasteiger partial charge in [-0.1, -0.05) is 72.8 Å². The van der Waals surface area contributed by atoms with Crippen molar-refractivity contribution in [2.24, 2.45) is 4.99 Å². The number of hydrogen-bond donors (Lipinski definition) is 0. The lowest BCUT2D eigenvalue weighted by Gasteiger charge is -2.01. The van der Waals surface area contributed by atoms with Gasteiger partial charge < -0.3 is 4.74 Å². The zero-order chi connectivity index (χ0) is 17.1. The molecule has 0 fully saturated rings. The Morgan fingerprint density at radius 3 is 1.88 bits per heavy atom. The third-order valence-electron chi connectivity index (χ3n) is 3.96. The van der Waals surface area contributed by atoms with Gasteiger partial charge in [-0.15, -0.1) is 0 Å². The number of rotatable bonds is 3. The molecule has 0 aromatic heterocycles. The smallest absolute Gasteiger partial charge is 0.363 e. The number of carbonyl (C=O) groups excluding carboxylic acids is 1. The highest BCUT2D eigenvalue weighted by atomic mass is 16.6. The average molecular weight is 325 g/mol. The minimum Gasteiger partial charge on any atom is -0.402 e. The minimum atomic E-state index is -0.425. The number of hydrogen-bond acceptors (Lipinski definition) is 3. The zero-order valence-electron chi connectivity index (χ0n) is 13.4. The molecule has 1 aliphatic rings. The zero-order valence-corrected chi connectivity index (χ0v) is 13.4. The predicted molar refractivity (Wildman–Crippen MR) is 98.9 cm³/mol. The van der Waals surface area contributed by atoms with Crippen LogP contribution in [0.3, 0.4) is 0 Å². The first-order chi connectivity index (χ1) is 12.3. The summed E-state index contributed by atoms with van der Waals surface area (Å²) in [7, 11) is 0. The molecular weight excluding hydrogens is 310 g/mol. The van der Waals surface area contributed by atoms with Crippen molar-refractivity contribution < 1.29 is 9.53 Å². The Kier molecular flexibility index (Phi) is 3.97. The van der Waals surface area contributed by atoms with Gasteiger partial charge in [0.2, 0.25) is 5.90 Å². The van der Waals surface area contributed by atoms with Crippen molar-refractivity contribution in [3.63, 3.8) is 0 Å². The summed E-state index contributed by atoms with van der Waals surface area (Å²) in [5.41, 5.74) is 4.30. The predicted octanol–water partition coefficient (Wildman–Crippen LogP) is 4.70. The van der Waals surface area contributed by atoms with E-state index < -0.39 is 5.97 Å². The monoisotopic (exact) mass is 325 g/mol. The van der Waals surface area contributed by atoms with Crippen LogP contribution in [0.4, 0.5) is 0 Å². The van der Waals surface area contributed by atoms with Gasteiger partial charge >= 0.3 is 5.97 Å². The molecule has 0 saturated carbocycles. The molecule has 3 aromatic rings. The summed E-state index contributed by atoms with van der Waals surface area (Å²) in [5, 5.41) is 0. The molecule has 25 heavy (non-hydrogen) atoms. The first-order valence-electron chi connectivity index (χ1n) is 8.03. The van der Waals surface area contributed by atoms with Crippen molar-refractivity contribution >= 4 is 17.9 Å². The first-order valence-corrected chi connectivity index (χ1v) is 8.03. The summed E-state index contributed by atoms with van der Waals surface area (Å²) in [4.78, 5) is 16.4. The second-order valence-corrected chi connectivity index (χ2v) is 5.69. The van der Waals surface area contributed by atoms with Crippen molar-refractivity contribution in [3.8, 4) is 11.1 Å². The molecule has 3 aromatic carbocycles. The molecule has 4 rings (SSSR count). The molecule has 0 aliphatic carbocycles. The van der Waals surface area contributed by atoms with Gasteiger partial charge in [0, 0.05) is 5.56 Å². The quantitative estimate of drug-likeness (QED) is 0.517. The number of aliphatic imine (C=N–C) groups is 1. The standard InChI is InChI=1S/C22H15NO2/c24-22-20(23-21(25-22)19-9-5-2-6-10-19)15-16-11-13-18(14-12-16)17-7-3-1-4-8-17/h1-15H/b20-15+. The van der Waals surface area contributed by atoms with E-state index >= 15 is 0 Å². The van der Waals surface area contributed by atoms with Crippen molar-refractivity contribution in [2.75, 3.05) is 0 Å². The summed E-state index contributed by atoms with van der Waals surface area (Å²) in [5.74, 6) is -0.0799. The second kappa shape index (κ2) is 6.57. The van der Waals surface area contributed by atoms with Crippen LogP contribution in [0.2, 0.25) is 0 Å². The molecule has 0 spiro atoms. The van der Waals surface area contributed by atoms with Gasteiger partial charge in [0.25, 0.3) is 0 Å². The number of nitrogens with zero attached hydrogens (tertiary/aromatic N) is 1. The van der Waals surface area contributed by atoms with E-state index in [1.54, 1.807) is 6.08 Å². The van der Waals surface area contributed by atoms with E-state index in [2.05, 4.69) is 17.1 Å². The van der Waals surface area contributed by atoms with Crippen molar-refractivity contribution in [1.82, 2.24) is 0 Å². The highest BCUT2D eigenvalue weighted by molar-refractivity contribution is 6.12. The van der Waals surface area contributed by atoms with E-state index in [9.17, 15) is 4.79 Å². The molecule has 1 aliphatic heterocycles. The van der Waals surface area contributed by atoms with Gasteiger partial charge in [-0.3, -0.25) is 0 Å². The minimum absolute atomic E-state index is 0.311. The van der Waals surface area contributed by atoms with Crippen LogP contribution in [-0.2, 0) is 9.53 Å². The molecule has 3 heteroatoms. The third kappa shape index (κ3) is 3.26. The molecule has 0 atom stereocenters. The highest BCUT2D eigenvalue weighted by Gasteiger charge is 2.23.